The number of anilines is 1. The molecule has 166 valence electrons. The highest BCUT2D eigenvalue weighted by Crippen LogP contribution is 2.31. The third kappa shape index (κ3) is 4.14. The van der Waals surface area contributed by atoms with Gasteiger partial charge in [0.15, 0.2) is 0 Å². The molecule has 0 atom stereocenters. The van der Waals surface area contributed by atoms with Gasteiger partial charge in [0.2, 0.25) is 5.95 Å². The van der Waals surface area contributed by atoms with Crippen LogP contribution in [0.3, 0.4) is 0 Å². The Hall–Kier alpha value is -3.51. The zero-order valence-corrected chi connectivity index (χ0v) is 19.4. The normalized spacial score (nSPS) is 14.0. The Morgan fingerprint density at radius 1 is 0.939 bits per heavy atom. The lowest BCUT2D eigenvalue weighted by Crippen LogP contribution is -2.49. The van der Waals surface area contributed by atoms with Crippen molar-refractivity contribution in [3.8, 4) is 11.3 Å². The standard InChI is InChI=1S/C26H24ClN5O/c1-17-4-6-19(7-5-17)23-16-21(20-8-9-22(27)18(2)24(20)30-23)25(33)31-12-14-32(15-13-31)26-28-10-3-11-29-26/h3-11,16H,12-15H2,1-2H3. The van der Waals surface area contributed by atoms with Crippen molar-refractivity contribution in [3.63, 3.8) is 0 Å². The number of aromatic nitrogens is 3. The minimum Gasteiger partial charge on any atom is -0.337 e. The molecular weight excluding hydrogens is 434 g/mol. The smallest absolute Gasteiger partial charge is 0.254 e. The lowest BCUT2D eigenvalue weighted by atomic mass is 10.00. The quantitative estimate of drug-likeness (QED) is 0.436. The van der Waals surface area contributed by atoms with Crippen LogP contribution in [-0.2, 0) is 0 Å². The summed E-state index contributed by atoms with van der Waals surface area (Å²) in [5, 5.41) is 1.47. The average molecular weight is 458 g/mol. The number of rotatable bonds is 3. The summed E-state index contributed by atoms with van der Waals surface area (Å²) in [5.41, 5.74) is 5.22. The monoisotopic (exact) mass is 457 g/mol. The van der Waals surface area contributed by atoms with Gasteiger partial charge < -0.3 is 9.80 Å². The van der Waals surface area contributed by atoms with Crippen LogP contribution < -0.4 is 4.90 Å². The van der Waals surface area contributed by atoms with Crippen molar-refractivity contribution in [2.45, 2.75) is 13.8 Å². The Morgan fingerprint density at radius 2 is 1.64 bits per heavy atom. The lowest BCUT2D eigenvalue weighted by molar-refractivity contribution is 0.0748. The zero-order chi connectivity index (χ0) is 22.9. The van der Waals surface area contributed by atoms with Crippen LogP contribution in [0.5, 0.6) is 0 Å². The lowest BCUT2D eigenvalue weighted by Gasteiger charge is -2.35. The van der Waals surface area contributed by atoms with E-state index in [1.54, 1.807) is 18.5 Å². The third-order valence-electron chi connectivity index (χ3n) is 6.15. The first kappa shape index (κ1) is 21.3. The number of halogens is 1. The Labute approximate surface area is 197 Å². The van der Waals surface area contributed by atoms with Crippen molar-refractivity contribution in [1.82, 2.24) is 19.9 Å². The van der Waals surface area contributed by atoms with E-state index in [0.29, 0.717) is 42.7 Å². The van der Waals surface area contributed by atoms with Crippen LogP contribution in [0.4, 0.5) is 5.95 Å². The number of fused-ring (bicyclic) bond motifs is 1. The molecule has 1 saturated heterocycles. The van der Waals surface area contributed by atoms with Crippen LogP contribution in [-0.4, -0.2) is 51.9 Å². The minimum atomic E-state index is 0.00566. The highest BCUT2D eigenvalue weighted by Gasteiger charge is 2.26. The van der Waals surface area contributed by atoms with Gasteiger partial charge in [-0.3, -0.25) is 4.79 Å². The fraction of sp³-hybridized carbons (Fsp3) is 0.231. The van der Waals surface area contributed by atoms with E-state index in [9.17, 15) is 4.79 Å². The molecule has 0 aliphatic carbocycles. The van der Waals surface area contributed by atoms with Crippen molar-refractivity contribution >= 4 is 34.4 Å². The van der Waals surface area contributed by atoms with E-state index in [0.717, 1.165) is 27.7 Å². The molecule has 5 rings (SSSR count). The third-order valence-corrected chi connectivity index (χ3v) is 6.56. The Balaban J connectivity index is 1.51. The Morgan fingerprint density at radius 3 is 2.33 bits per heavy atom. The van der Waals surface area contributed by atoms with Gasteiger partial charge in [0.25, 0.3) is 5.91 Å². The van der Waals surface area contributed by atoms with Crippen molar-refractivity contribution in [2.24, 2.45) is 0 Å². The first-order valence-electron chi connectivity index (χ1n) is 11.0. The molecule has 2 aromatic carbocycles. The minimum absolute atomic E-state index is 0.00566. The van der Waals surface area contributed by atoms with Gasteiger partial charge in [-0.2, -0.15) is 0 Å². The molecule has 1 aliphatic rings. The topological polar surface area (TPSA) is 62.2 Å². The number of pyridine rings is 1. The molecule has 6 nitrogen and oxygen atoms in total. The summed E-state index contributed by atoms with van der Waals surface area (Å²) < 4.78 is 0. The zero-order valence-electron chi connectivity index (χ0n) is 18.6. The fourth-order valence-corrected chi connectivity index (χ4v) is 4.34. The molecule has 2 aromatic heterocycles. The second-order valence-electron chi connectivity index (χ2n) is 8.32. The first-order valence-corrected chi connectivity index (χ1v) is 11.4. The molecule has 3 heterocycles. The Kier molecular flexibility index (Phi) is 5.68. The maximum atomic E-state index is 13.7. The molecule has 7 heteroatoms. The van der Waals surface area contributed by atoms with Gasteiger partial charge in [-0.1, -0.05) is 47.5 Å². The number of aryl methyl sites for hydroxylation is 2. The second kappa shape index (κ2) is 8.79. The number of amides is 1. The second-order valence-corrected chi connectivity index (χ2v) is 8.72. The predicted octanol–water partition coefficient (Wildman–Crippen LogP) is 4.92. The summed E-state index contributed by atoms with van der Waals surface area (Å²) >= 11 is 6.41. The number of carbonyl (C=O) groups excluding carboxylic acids is 1. The largest absolute Gasteiger partial charge is 0.337 e. The maximum Gasteiger partial charge on any atom is 0.254 e. The molecule has 0 spiro atoms. The van der Waals surface area contributed by atoms with E-state index in [1.807, 2.05) is 42.2 Å². The average Bonchev–Trinajstić information content (AvgIpc) is 2.86. The maximum absolute atomic E-state index is 13.7. The fourth-order valence-electron chi connectivity index (χ4n) is 4.19. The molecule has 1 fully saturated rings. The number of hydrogen-bond donors (Lipinski definition) is 0. The molecule has 1 amide bonds. The van der Waals surface area contributed by atoms with Crippen LogP contribution in [0.2, 0.25) is 5.02 Å². The summed E-state index contributed by atoms with van der Waals surface area (Å²) in [6.45, 7) is 6.59. The van der Waals surface area contributed by atoms with Crippen LogP contribution in [0, 0.1) is 13.8 Å². The summed E-state index contributed by atoms with van der Waals surface area (Å²) in [6, 6.07) is 15.6. The van der Waals surface area contributed by atoms with Crippen LogP contribution in [0.1, 0.15) is 21.5 Å². The van der Waals surface area contributed by atoms with Crippen LogP contribution in [0.25, 0.3) is 22.2 Å². The van der Waals surface area contributed by atoms with Gasteiger partial charge in [0, 0.05) is 54.5 Å². The molecule has 1 aliphatic heterocycles. The van der Waals surface area contributed by atoms with Crippen LogP contribution >= 0.6 is 11.6 Å². The van der Waals surface area contributed by atoms with Gasteiger partial charge in [-0.15, -0.1) is 0 Å². The first-order chi connectivity index (χ1) is 16.0. The number of benzene rings is 2. The molecule has 33 heavy (non-hydrogen) atoms. The van der Waals surface area contributed by atoms with Gasteiger partial charge >= 0.3 is 0 Å². The molecule has 0 saturated carbocycles. The van der Waals surface area contributed by atoms with Gasteiger partial charge in [0.05, 0.1) is 16.8 Å². The van der Waals surface area contributed by atoms with Gasteiger partial charge in [-0.25, -0.2) is 15.0 Å². The van der Waals surface area contributed by atoms with E-state index >= 15 is 0 Å². The van der Waals surface area contributed by atoms with Gasteiger partial charge in [-0.05, 0) is 37.6 Å². The molecule has 4 aromatic rings. The summed E-state index contributed by atoms with van der Waals surface area (Å²) in [5.74, 6) is 0.706. The summed E-state index contributed by atoms with van der Waals surface area (Å²) in [7, 11) is 0. The van der Waals surface area contributed by atoms with Crippen molar-refractivity contribution < 1.29 is 4.79 Å². The van der Waals surface area contributed by atoms with E-state index in [-0.39, 0.29) is 5.91 Å². The molecule has 0 bridgehead atoms. The van der Waals surface area contributed by atoms with E-state index in [1.165, 1.54) is 5.56 Å². The highest BCUT2D eigenvalue weighted by atomic mass is 35.5. The van der Waals surface area contributed by atoms with E-state index in [4.69, 9.17) is 16.6 Å². The van der Waals surface area contributed by atoms with Crippen molar-refractivity contribution in [3.05, 3.63) is 82.6 Å². The van der Waals surface area contributed by atoms with E-state index in [2.05, 4.69) is 33.9 Å². The number of nitrogens with zero attached hydrogens (tertiary/aromatic N) is 5. The van der Waals surface area contributed by atoms with E-state index < -0.39 is 0 Å². The van der Waals surface area contributed by atoms with Crippen molar-refractivity contribution in [1.29, 1.82) is 0 Å². The Bertz CT molecular complexity index is 1320. The molecule has 0 radical (unpaired) electrons. The predicted molar refractivity (Wildman–Crippen MR) is 132 cm³/mol. The van der Waals surface area contributed by atoms with Crippen molar-refractivity contribution in [2.75, 3.05) is 31.1 Å². The number of carbonyl (C=O) groups is 1. The highest BCUT2D eigenvalue weighted by molar-refractivity contribution is 6.32. The molecule has 0 N–H and O–H groups in total. The van der Waals surface area contributed by atoms with Gasteiger partial charge in [0.1, 0.15) is 0 Å². The number of hydrogen-bond acceptors (Lipinski definition) is 5. The number of piperazine rings is 1. The summed E-state index contributed by atoms with van der Waals surface area (Å²) in [4.78, 5) is 31.3. The summed E-state index contributed by atoms with van der Waals surface area (Å²) in [6.07, 6.45) is 3.48. The van der Waals surface area contributed by atoms with Crippen LogP contribution in [0.15, 0.2) is 60.9 Å². The molecule has 0 unspecified atom stereocenters. The molecular formula is C26H24ClN5O. The SMILES string of the molecule is Cc1ccc(-c2cc(C(=O)N3CCN(c4ncccn4)CC3)c3ccc(Cl)c(C)c3n2)cc1.